The zero-order chi connectivity index (χ0) is 19.8. The van der Waals surface area contributed by atoms with Gasteiger partial charge in [0.1, 0.15) is 11.6 Å². The molecule has 0 spiro atoms. The molecule has 3 rings (SSSR count). The van der Waals surface area contributed by atoms with Gasteiger partial charge in [-0.3, -0.25) is 0 Å². The van der Waals surface area contributed by atoms with Crippen molar-refractivity contribution in [3.63, 3.8) is 0 Å². The highest BCUT2D eigenvalue weighted by Gasteiger charge is 2.40. The van der Waals surface area contributed by atoms with E-state index < -0.39 is 18.0 Å². The van der Waals surface area contributed by atoms with Gasteiger partial charge in [-0.05, 0) is 59.2 Å². The zero-order valence-corrected chi connectivity index (χ0v) is 16.4. The molecule has 0 saturated carbocycles. The van der Waals surface area contributed by atoms with Crippen molar-refractivity contribution in [1.29, 1.82) is 0 Å². The van der Waals surface area contributed by atoms with Gasteiger partial charge < -0.3 is 15.2 Å². The number of benzene rings is 2. The maximum atomic E-state index is 14.9. The van der Waals surface area contributed by atoms with Crippen LogP contribution in [0.2, 0.25) is 5.02 Å². The molecule has 0 aliphatic heterocycles. The van der Waals surface area contributed by atoms with Crippen LogP contribution >= 0.6 is 11.6 Å². The third kappa shape index (κ3) is 3.88. The highest BCUT2D eigenvalue weighted by atomic mass is 35.5. The van der Waals surface area contributed by atoms with Gasteiger partial charge in [0.05, 0.1) is 17.7 Å². The third-order valence-electron chi connectivity index (χ3n) is 4.94. The van der Waals surface area contributed by atoms with Gasteiger partial charge >= 0.3 is 6.09 Å². The molecule has 144 valence electrons. The van der Waals surface area contributed by atoms with Gasteiger partial charge in [-0.15, -0.1) is 0 Å². The quantitative estimate of drug-likeness (QED) is 0.674. The van der Waals surface area contributed by atoms with Crippen molar-refractivity contribution in [3.05, 3.63) is 52.3 Å². The minimum absolute atomic E-state index is 0.332. The monoisotopic (exact) mass is 391 g/mol. The summed E-state index contributed by atoms with van der Waals surface area (Å²) in [6.07, 6.45) is 0.421. The van der Waals surface area contributed by atoms with E-state index in [4.69, 9.17) is 21.4 Å². The molecule has 4 nitrogen and oxygen atoms in total. The summed E-state index contributed by atoms with van der Waals surface area (Å²) in [5.74, 6) is 0.178. The second-order valence-corrected chi connectivity index (χ2v) is 7.98. The largest absolute Gasteiger partial charge is 0.492 e. The van der Waals surface area contributed by atoms with E-state index in [1.165, 1.54) is 6.07 Å². The second kappa shape index (κ2) is 7.39. The number of carbonyl (C=O) groups is 1. The van der Waals surface area contributed by atoms with E-state index in [9.17, 15) is 9.18 Å². The molecule has 0 fully saturated rings. The summed E-state index contributed by atoms with van der Waals surface area (Å²) in [5, 5.41) is 12.1. The molecule has 0 heterocycles. The van der Waals surface area contributed by atoms with Crippen molar-refractivity contribution in [2.45, 2.75) is 39.7 Å². The summed E-state index contributed by atoms with van der Waals surface area (Å²) >= 11 is 6.29. The van der Waals surface area contributed by atoms with E-state index in [0.29, 0.717) is 40.5 Å². The molecule has 0 unspecified atom stereocenters. The lowest BCUT2D eigenvalue weighted by Crippen LogP contribution is -2.34. The van der Waals surface area contributed by atoms with Crippen molar-refractivity contribution >= 4 is 17.7 Å². The Labute approximate surface area is 163 Å². The standard InChI is InChI=1S/C21H23ClFNO3/c1-4-7-27-18-6-5-12(9-16(18)22)14-8-13-11-21(2,3)19(24-20(25)26)15(13)10-17(14)23/h5-6,8-10,19,24H,4,7,11H2,1-3H3,(H,25,26)/t19-/m0/s1. The topological polar surface area (TPSA) is 58.6 Å². The van der Waals surface area contributed by atoms with Crippen molar-refractivity contribution in [1.82, 2.24) is 5.32 Å². The van der Waals surface area contributed by atoms with E-state index >= 15 is 0 Å². The van der Waals surface area contributed by atoms with Crippen molar-refractivity contribution in [3.8, 4) is 16.9 Å². The maximum absolute atomic E-state index is 14.9. The molecule has 27 heavy (non-hydrogen) atoms. The Kier molecular flexibility index (Phi) is 5.33. The lowest BCUT2D eigenvalue weighted by atomic mass is 9.85. The van der Waals surface area contributed by atoms with Gasteiger partial charge in [0.15, 0.2) is 0 Å². The summed E-state index contributed by atoms with van der Waals surface area (Å²) in [7, 11) is 0. The smallest absolute Gasteiger partial charge is 0.405 e. The Morgan fingerprint density at radius 1 is 1.37 bits per heavy atom. The average Bonchev–Trinajstić information content (AvgIpc) is 2.82. The van der Waals surface area contributed by atoms with Crippen LogP contribution in [0.4, 0.5) is 9.18 Å². The fourth-order valence-corrected chi connectivity index (χ4v) is 3.92. The average molecular weight is 392 g/mol. The molecule has 0 radical (unpaired) electrons. The highest BCUT2D eigenvalue weighted by Crippen LogP contribution is 2.47. The fourth-order valence-electron chi connectivity index (χ4n) is 3.68. The first-order valence-electron chi connectivity index (χ1n) is 8.97. The predicted octanol–water partition coefficient (Wildman–Crippen LogP) is 5.83. The second-order valence-electron chi connectivity index (χ2n) is 7.57. The molecular weight excluding hydrogens is 369 g/mol. The molecule has 1 atom stereocenters. The van der Waals surface area contributed by atoms with Crippen LogP contribution < -0.4 is 10.1 Å². The SMILES string of the molecule is CCCOc1ccc(-c2cc3c(cc2F)[C@H](NC(=O)O)C(C)(C)C3)cc1Cl. The number of hydrogen-bond acceptors (Lipinski definition) is 2. The fraction of sp³-hybridized carbons (Fsp3) is 0.381. The Balaban J connectivity index is 1.98. The van der Waals surface area contributed by atoms with Gasteiger partial charge in [0.2, 0.25) is 0 Å². The molecule has 0 aromatic heterocycles. The van der Waals surface area contributed by atoms with Crippen molar-refractivity contribution in [2.24, 2.45) is 5.41 Å². The van der Waals surface area contributed by atoms with E-state index in [2.05, 4.69) is 5.32 Å². The van der Waals surface area contributed by atoms with Crippen LogP contribution in [0, 0.1) is 11.2 Å². The molecule has 1 aliphatic carbocycles. The number of nitrogens with one attached hydrogen (secondary N) is 1. The van der Waals surface area contributed by atoms with Crippen LogP contribution in [0.1, 0.15) is 44.4 Å². The Bertz CT molecular complexity index is 882. The molecule has 0 bridgehead atoms. The predicted molar refractivity (Wildman–Crippen MR) is 104 cm³/mol. The Morgan fingerprint density at radius 3 is 2.74 bits per heavy atom. The lowest BCUT2D eigenvalue weighted by molar-refractivity contribution is 0.175. The summed E-state index contributed by atoms with van der Waals surface area (Å²) in [6, 6.07) is 8.03. The summed E-state index contributed by atoms with van der Waals surface area (Å²) in [6.45, 7) is 6.53. The minimum atomic E-state index is -1.11. The highest BCUT2D eigenvalue weighted by molar-refractivity contribution is 6.32. The molecular formula is C21H23ClFNO3. The van der Waals surface area contributed by atoms with E-state index in [1.807, 2.05) is 20.8 Å². The van der Waals surface area contributed by atoms with Gasteiger partial charge in [-0.2, -0.15) is 0 Å². The number of hydrogen-bond donors (Lipinski definition) is 2. The van der Waals surface area contributed by atoms with E-state index in [1.54, 1.807) is 24.3 Å². The number of rotatable bonds is 5. The van der Waals surface area contributed by atoms with Crippen molar-refractivity contribution in [2.75, 3.05) is 6.61 Å². The lowest BCUT2D eigenvalue weighted by Gasteiger charge is -2.27. The molecule has 2 aromatic rings. The van der Waals surface area contributed by atoms with Crippen LogP contribution in [0.5, 0.6) is 5.75 Å². The van der Waals surface area contributed by atoms with Gasteiger partial charge in [0, 0.05) is 5.56 Å². The van der Waals surface area contributed by atoms with Gasteiger partial charge in [0.25, 0.3) is 0 Å². The number of halogens is 2. The number of ether oxygens (including phenoxy) is 1. The first kappa shape index (κ1) is 19.5. The number of fused-ring (bicyclic) bond motifs is 1. The van der Waals surface area contributed by atoms with Crippen molar-refractivity contribution < 1.29 is 19.0 Å². The molecule has 6 heteroatoms. The zero-order valence-electron chi connectivity index (χ0n) is 15.6. The van der Waals surface area contributed by atoms with Crippen LogP contribution in [-0.2, 0) is 6.42 Å². The summed E-state index contributed by atoms with van der Waals surface area (Å²) in [5.41, 5.74) is 2.41. The third-order valence-corrected chi connectivity index (χ3v) is 5.24. The molecule has 1 aliphatic rings. The number of amides is 1. The van der Waals surface area contributed by atoms with Gasteiger partial charge in [-0.25, -0.2) is 9.18 Å². The summed E-state index contributed by atoms with van der Waals surface area (Å²) < 4.78 is 20.4. The normalized spacial score (nSPS) is 17.4. The molecule has 0 saturated heterocycles. The maximum Gasteiger partial charge on any atom is 0.405 e. The Hall–Kier alpha value is -2.27. The van der Waals surface area contributed by atoms with Crippen LogP contribution in [0.3, 0.4) is 0 Å². The number of carboxylic acid groups (broad SMARTS) is 1. The molecule has 2 N–H and O–H groups in total. The van der Waals surface area contributed by atoms with Crippen LogP contribution in [-0.4, -0.2) is 17.8 Å². The Morgan fingerprint density at radius 2 is 2.11 bits per heavy atom. The van der Waals surface area contributed by atoms with Crippen LogP contribution in [0.15, 0.2) is 30.3 Å². The summed E-state index contributed by atoms with van der Waals surface area (Å²) in [4.78, 5) is 11.1. The van der Waals surface area contributed by atoms with Gasteiger partial charge in [-0.1, -0.05) is 38.4 Å². The van der Waals surface area contributed by atoms with E-state index in [0.717, 1.165) is 12.0 Å². The molecule has 1 amide bonds. The first-order valence-corrected chi connectivity index (χ1v) is 9.35. The molecule has 2 aromatic carbocycles. The minimum Gasteiger partial charge on any atom is -0.492 e. The first-order chi connectivity index (χ1) is 12.7. The van der Waals surface area contributed by atoms with E-state index in [-0.39, 0.29) is 5.41 Å². The van der Waals surface area contributed by atoms with Crippen LogP contribution in [0.25, 0.3) is 11.1 Å².